The molecular formula is C18H22N4O2. The lowest BCUT2D eigenvalue weighted by Gasteiger charge is -2.21. The summed E-state index contributed by atoms with van der Waals surface area (Å²) in [6, 6.07) is 9.71. The summed E-state index contributed by atoms with van der Waals surface area (Å²) in [4.78, 5) is 19.6. The van der Waals surface area contributed by atoms with Crippen LogP contribution in [0.5, 0.6) is 5.75 Å². The van der Waals surface area contributed by atoms with Gasteiger partial charge in [0.1, 0.15) is 18.0 Å². The van der Waals surface area contributed by atoms with Crippen molar-refractivity contribution >= 4 is 11.0 Å². The van der Waals surface area contributed by atoms with Crippen LogP contribution in [0.25, 0.3) is 22.3 Å². The third kappa shape index (κ3) is 3.05. The lowest BCUT2D eigenvalue weighted by atomic mass is 10.1. The van der Waals surface area contributed by atoms with Gasteiger partial charge in [0, 0.05) is 29.2 Å². The Morgan fingerprint density at radius 2 is 2.04 bits per heavy atom. The summed E-state index contributed by atoms with van der Waals surface area (Å²) < 4.78 is 7.35. The van der Waals surface area contributed by atoms with Gasteiger partial charge in [-0.15, -0.1) is 0 Å². The van der Waals surface area contributed by atoms with Gasteiger partial charge in [0.15, 0.2) is 0 Å². The Kier molecular flexibility index (Phi) is 4.15. The smallest absolute Gasteiger partial charge is 0.350 e. The second kappa shape index (κ2) is 6.13. The van der Waals surface area contributed by atoms with Crippen LogP contribution in [0.1, 0.15) is 20.8 Å². The molecule has 0 saturated heterocycles. The van der Waals surface area contributed by atoms with Gasteiger partial charge >= 0.3 is 5.69 Å². The summed E-state index contributed by atoms with van der Waals surface area (Å²) in [6.07, 6.45) is 1.84. The van der Waals surface area contributed by atoms with E-state index in [1.807, 2.05) is 57.3 Å². The molecule has 3 aromatic rings. The molecule has 0 unspecified atom stereocenters. The highest BCUT2D eigenvalue weighted by atomic mass is 16.5. The van der Waals surface area contributed by atoms with Gasteiger partial charge in [0.05, 0.1) is 5.69 Å². The van der Waals surface area contributed by atoms with Crippen molar-refractivity contribution in [1.29, 1.82) is 0 Å². The van der Waals surface area contributed by atoms with Gasteiger partial charge in [-0.1, -0.05) is 12.1 Å². The molecular weight excluding hydrogens is 304 g/mol. The summed E-state index contributed by atoms with van der Waals surface area (Å²) in [7, 11) is 0. The number of benzene rings is 1. The highest BCUT2D eigenvalue weighted by Gasteiger charge is 2.17. The first-order valence-electron chi connectivity index (χ1n) is 7.95. The molecule has 0 atom stereocenters. The molecule has 6 nitrogen and oxygen atoms in total. The molecule has 0 aliphatic heterocycles. The summed E-state index contributed by atoms with van der Waals surface area (Å²) in [5.41, 5.74) is 7.28. The number of nitrogens with one attached hydrogen (secondary N) is 1. The third-order valence-corrected chi connectivity index (χ3v) is 3.78. The van der Waals surface area contributed by atoms with E-state index in [2.05, 4.69) is 9.97 Å². The van der Waals surface area contributed by atoms with Crippen LogP contribution in [0.2, 0.25) is 0 Å². The van der Waals surface area contributed by atoms with Crippen LogP contribution >= 0.6 is 0 Å². The zero-order valence-corrected chi connectivity index (χ0v) is 14.2. The average molecular weight is 326 g/mol. The van der Waals surface area contributed by atoms with E-state index in [0.29, 0.717) is 18.8 Å². The number of H-pyrrole nitrogens is 1. The molecule has 24 heavy (non-hydrogen) atoms. The van der Waals surface area contributed by atoms with E-state index < -0.39 is 0 Å². The van der Waals surface area contributed by atoms with E-state index in [0.717, 1.165) is 22.4 Å². The Bertz CT molecular complexity index is 919. The molecule has 0 aliphatic rings. The van der Waals surface area contributed by atoms with Gasteiger partial charge in [-0.3, -0.25) is 4.57 Å². The first-order chi connectivity index (χ1) is 11.4. The summed E-state index contributed by atoms with van der Waals surface area (Å²) >= 11 is 0. The minimum Gasteiger partial charge on any atom is -0.492 e. The van der Waals surface area contributed by atoms with Crippen molar-refractivity contribution < 1.29 is 4.74 Å². The molecule has 2 aromatic heterocycles. The predicted octanol–water partition coefficient (Wildman–Crippen LogP) is 2.48. The highest BCUT2D eigenvalue weighted by molar-refractivity contribution is 5.83. The number of rotatable bonds is 4. The number of fused-ring (bicyclic) bond motifs is 1. The molecule has 0 spiro atoms. The molecule has 0 aliphatic carbocycles. The summed E-state index contributed by atoms with van der Waals surface area (Å²) in [6.45, 7) is 6.83. The van der Waals surface area contributed by atoms with E-state index in [4.69, 9.17) is 10.5 Å². The predicted molar refractivity (Wildman–Crippen MR) is 95.3 cm³/mol. The number of aromatic amines is 1. The fraction of sp³-hybridized carbons (Fsp3) is 0.333. The molecule has 3 N–H and O–H groups in total. The lowest BCUT2D eigenvalue weighted by molar-refractivity contribution is 0.329. The second-order valence-electron chi connectivity index (χ2n) is 6.68. The van der Waals surface area contributed by atoms with E-state index >= 15 is 0 Å². The number of hydrogen-bond acceptors (Lipinski definition) is 4. The van der Waals surface area contributed by atoms with Crippen LogP contribution in [-0.2, 0) is 5.54 Å². The van der Waals surface area contributed by atoms with Gasteiger partial charge < -0.3 is 15.5 Å². The normalized spacial score (nSPS) is 11.8. The highest BCUT2D eigenvalue weighted by Crippen LogP contribution is 2.31. The van der Waals surface area contributed by atoms with E-state index in [1.165, 1.54) is 0 Å². The van der Waals surface area contributed by atoms with Gasteiger partial charge in [-0.2, -0.15) is 4.98 Å². The molecule has 3 rings (SSSR count). The van der Waals surface area contributed by atoms with Crippen molar-refractivity contribution in [2.75, 3.05) is 13.2 Å². The number of nitrogens with two attached hydrogens (primary N) is 1. The maximum Gasteiger partial charge on any atom is 0.350 e. The Morgan fingerprint density at radius 3 is 2.75 bits per heavy atom. The largest absolute Gasteiger partial charge is 0.492 e. The topological polar surface area (TPSA) is 85.9 Å². The van der Waals surface area contributed by atoms with E-state index in [1.54, 1.807) is 4.57 Å². The standard InChI is InChI=1S/C18H22N4O2/c1-18(2,3)22-11-12-10-14(20-16(12)21-17(22)23)13-6-4-5-7-15(13)24-9-8-19/h4-7,10-11H,8-9,19H2,1-3H3,(H,20,21,23). The zero-order chi connectivity index (χ0) is 17.3. The first kappa shape index (κ1) is 16.3. The number of hydrogen-bond donors (Lipinski definition) is 2. The molecule has 0 amide bonds. The van der Waals surface area contributed by atoms with Crippen LogP contribution in [0.15, 0.2) is 41.3 Å². The Balaban J connectivity index is 2.11. The van der Waals surface area contributed by atoms with Crippen molar-refractivity contribution in [3.8, 4) is 17.0 Å². The second-order valence-corrected chi connectivity index (χ2v) is 6.68. The third-order valence-electron chi connectivity index (χ3n) is 3.78. The fourth-order valence-electron chi connectivity index (χ4n) is 2.60. The molecule has 126 valence electrons. The lowest BCUT2D eigenvalue weighted by Crippen LogP contribution is -2.34. The van der Waals surface area contributed by atoms with Crippen LogP contribution in [0.4, 0.5) is 0 Å². The maximum atomic E-state index is 12.2. The Hall–Kier alpha value is -2.60. The molecule has 0 fully saturated rings. The van der Waals surface area contributed by atoms with Crippen LogP contribution in [0, 0.1) is 0 Å². The molecule has 2 heterocycles. The van der Waals surface area contributed by atoms with Crippen LogP contribution in [-0.4, -0.2) is 27.7 Å². The Morgan fingerprint density at radius 1 is 1.29 bits per heavy atom. The van der Waals surface area contributed by atoms with E-state index in [9.17, 15) is 4.79 Å². The maximum absolute atomic E-state index is 12.2. The summed E-state index contributed by atoms with van der Waals surface area (Å²) in [5, 5.41) is 0.883. The SMILES string of the molecule is CC(C)(C)n1cc2cc(-c3ccccc3OCCN)[nH]c2nc1=O. The van der Waals surface area contributed by atoms with Gasteiger partial charge in [0.25, 0.3) is 0 Å². The number of para-hydroxylation sites is 1. The molecule has 0 saturated carbocycles. The summed E-state index contributed by atoms with van der Waals surface area (Å²) in [5.74, 6) is 0.751. The average Bonchev–Trinajstić information content (AvgIpc) is 2.94. The monoisotopic (exact) mass is 326 g/mol. The number of aromatic nitrogens is 3. The molecule has 0 bridgehead atoms. The molecule has 1 aromatic carbocycles. The quantitative estimate of drug-likeness (QED) is 0.771. The molecule has 6 heteroatoms. The minimum absolute atomic E-state index is 0.268. The van der Waals surface area contributed by atoms with Gasteiger partial charge in [-0.25, -0.2) is 4.79 Å². The Labute approximate surface area is 140 Å². The van der Waals surface area contributed by atoms with Crippen LogP contribution in [0.3, 0.4) is 0 Å². The number of nitrogens with zero attached hydrogens (tertiary/aromatic N) is 2. The molecule has 0 radical (unpaired) electrons. The van der Waals surface area contributed by atoms with Crippen molar-refractivity contribution in [3.05, 3.63) is 47.0 Å². The van der Waals surface area contributed by atoms with Crippen molar-refractivity contribution in [3.63, 3.8) is 0 Å². The zero-order valence-electron chi connectivity index (χ0n) is 14.2. The van der Waals surface area contributed by atoms with Gasteiger partial charge in [-0.05, 0) is 39.0 Å². The fourth-order valence-corrected chi connectivity index (χ4v) is 2.60. The minimum atomic E-state index is -0.322. The van der Waals surface area contributed by atoms with E-state index in [-0.39, 0.29) is 11.2 Å². The van der Waals surface area contributed by atoms with Crippen LogP contribution < -0.4 is 16.2 Å². The van der Waals surface area contributed by atoms with Crippen molar-refractivity contribution in [2.24, 2.45) is 5.73 Å². The van der Waals surface area contributed by atoms with Crippen molar-refractivity contribution in [1.82, 2.24) is 14.5 Å². The number of ether oxygens (including phenoxy) is 1. The van der Waals surface area contributed by atoms with Gasteiger partial charge in [0.2, 0.25) is 0 Å². The van der Waals surface area contributed by atoms with Crippen molar-refractivity contribution in [2.45, 2.75) is 26.3 Å². The first-order valence-corrected chi connectivity index (χ1v) is 7.95.